The normalized spacial score (nSPS) is 10.9. The minimum absolute atomic E-state index is 0.0805. The van der Waals surface area contributed by atoms with E-state index in [1.807, 2.05) is 31.2 Å². The van der Waals surface area contributed by atoms with Gasteiger partial charge in [-0.15, -0.1) is 0 Å². The Morgan fingerprint density at radius 1 is 0.939 bits per heavy atom. The molecule has 0 saturated carbocycles. The first kappa shape index (κ1) is 23.8. The van der Waals surface area contributed by atoms with E-state index in [4.69, 9.17) is 19.3 Å². The molecule has 33 heavy (non-hydrogen) atoms. The number of ether oxygens (including phenoxy) is 3. The van der Waals surface area contributed by atoms with Crippen LogP contribution in [0.1, 0.15) is 15.9 Å². The maximum Gasteiger partial charge on any atom is 0.342 e. The van der Waals surface area contributed by atoms with Crippen LogP contribution in [0.5, 0.6) is 17.2 Å². The predicted octanol–water partition coefficient (Wildman–Crippen LogP) is 3.24. The van der Waals surface area contributed by atoms with Gasteiger partial charge >= 0.3 is 5.97 Å². The van der Waals surface area contributed by atoms with E-state index in [2.05, 4.69) is 5.32 Å². The number of carbonyl (C=O) groups is 2. The molecule has 3 aromatic carbocycles. The maximum absolute atomic E-state index is 12.4. The molecule has 3 rings (SSSR count). The fourth-order valence-corrected chi connectivity index (χ4v) is 3.32. The highest BCUT2D eigenvalue weighted by Crippen LogP contribution is 2.24. The van der Waals surface area contributed by atoms with Crippen molar-refractivity contribution in [2.75, 3.05) is 19.0 Å². The van der Waals surface area contributed by atoms with Gasteiger partial charge in [0, 0.05) is 5.69 Å². The van der Waals surface area contributed by atoms with Crippen molar-refractivity contribution < 1.29 is 32.2 Å². The number of hydrogen-bond acceptors (Lipinski definition) is 7. The summed E-state index contributed by atoms with van der Waals surface area (Å²) in [5, 5.41) is 7.68. The zero-order valence-corrected chi connectivity index (χ0v) is 18.7. The zero-order valence-electron chi connectivity index (χ0n) is 17.9. The van der Waals surface area contributed by atoms with Gasteiger partial charge in [0.05, 0.1) is 12.0 Å². The van der Waals surface area contributed by atoms with E-state index < -0.39 is 28.5 Å². The van der Waals surface area contributed by atoms with E-state index in [1.165, 1.54) is 19.2 Å². The Balaban J connectivity index is 1.58. The predicted molar refractivity (Wildman–Crippen MR) is 121 cm³/mol. The molecule has 10 heteroatoms. The molecule has 0 aliphatic carbocycles. The summed E-state index contributed by atoms with van der Waals surface area (Å²) < 4.78 is 38.8. The number of hydrogen-bond donors (Lipinski definition) is 2. The second-order valence-electron chi connectivity index (χ2n) is 6.97. The molecule has 0 atom stereocenters. The molecule has 0 fully saturated rings. The van der Waals surface area contributed by atoms with Gasteiger partial charge in [-0.05, 0) is 61.5 Å². The number of anilines is 1. The lowest BCUT2D eigenvalue weighted by molar-refractivity contribution is -0.119. The van der Waals surface area contributed by atoms with Crippen molar-refractivity contribution in [1.82, 2.24) is 0 Å². The second-order valence-corrected chi connectivity index (χ2v) is 8.53. The monoisotopic (exact) mass is 470 g/mol. The Hall–Kier alpha value is -3.89. The van der Waals surface area contributed by atoms with Crippen molar-refractivity contribution in [3.05, 3.63) is 77.9 Å². The molecule has 3 aromatic rings. The molecule has 3 N–H and O–H groups in total. The second kappa shape index (κ2) is 10.2. The number of nitrogens with one attached hydrogen (secondary N) is 1. The van der Waals surface area contributed by atoms with Crippen LogP contribution < -0.4 is 19.9 Å². The first-order valence-corrected chi connectivity index (χ1v) is 11.2. The number of rotatable bonds is 8. The molecule has 1 amide bonds. The van der Waals surface area contributed by atoms with E-state index in [1.54, 1.807) is 24.3 Å². The number of aryl methyl sites for hydroxylation is 1. The van der Waals surface area contributed by atoms with Crippen LogP contribution in [0.3, 0.4) is 0 Å². The summed E-state index contributed by atoms with van der Waals surface area (Å²) >= 11 is 0. The van der Waals surface area contributed by atoms with Gasteiger partial charge in [-0.2, -0.15) is 0 Å². The number of sulfonamides is 1. The van der Waals surface area contributed by atoms with Gasteiger partial charge in [-0.3, -0.25) is 4.79 Å². The summed E-state index contributed by atoms with van der Waals surface area (Å²) in [6.45, 7) is 1.39. The lowest BCUT2D eigenvalue weighted by Crippen LogP contribution is -2.21. The summed E-state index contributed by atoms with van der Waals surface area (Å²) in [5.74, 6) is -0.167. The van der Waals surface area contributed by atoms with Crippen LogP contribution in [0, 0.1) is 6.92 Å². The van der Waals surface area contributed by atoms with E-state index >= 15 is 0 Å². The molecule has 0 bridgehead atoms. The van der Waals surface area contributed by atoms with Crippen LogP contribution in [0.15, 0.2) is 71.6 Å². The van der Waals surface area contributed by atoms with E-state index in [0.29, 0.717) is 17.2 Å². The molecule has 0 unspecified atom stereocenters. The van der Waals surface area contributed by atoms with Gasteiger partial charge < -0.3 is 19.5 Å². The number of esters is 1. The average Bonchev–Trinajstić information content (AvgIpc) is 2.79. The van der Waals surface area contributed by atoms with Crippen molar-refractivity contribution in [3.63, 3.8) is 0 Å². The van der Waals surface area contributed by atoms with Crippen LogP contribution in [-0.2, 0) is 19.6 Å². The summed E-state index contributed by atoms with van der Waals surface area (Å²) in [7, 11) is -2.73. The highest BCUT2D eigenvalue weighted by atomic mass is 32.2. The summed E-state index contributed by atoms with van der Waals surface area (Å²) in [5.41, 5.74) is 1.42. The molecular weight excluding hydrogens is 448 g/mol. The summed E-state index contributed by atoms with van der Waals surface area (Å²) in [6, 6.07) is 17.7. The molecular formula is C23H22N2O7S. The maximum atomic E-state index is 12.4. The van der Waals surface area contributed by atoms with E-state index in [0.717, 1.165) is 11.6 Å². The molecule has 9 nitrogen and oxygen atoms in total. The van der Waals surface area contributed by atoms with E-state index in [9.17, 15) is 18.0 Å². The van der Waals surface area contributed by atoms with Gasteiger partial charge in [0.15, 0.2) is 6.61 Å². The third-order valence-electron chi connectivity index (χ3n) is 4.45. The fourth-order valence-electron chi connectivity index (χ4n) is 2.78. The number of methoxy groups -OCH3 is 1. The van der Waals surface area contributed by atoms with Crippen LogP contribution in [0.2, 0.25) is 0 Å². The van der Waals surface area contributed by atoms with Gasteiger partial charge in [0.1, 0.15) is 22.8 Å². The number of nitrogens with two attached hydrogens (primary N) is 1. The topological polar surface area (TPSA) is 134 Å². The molecule has 0 spiro atoms. The van der Waals surface area contributed by atoms with Gasteiger partial charge in [0.2, 0.25) is 10.0 Å². The molecule has 0 aliphatic heterocycles. The SMILES string of the molecule is COc1ccc(S(N)(=O)=O)cc1C(=O)OCC(=O)Nc1ccc(Oc2ccc(C)cc2)cc1. The van der Waals surface area contributed by atoms with Crippen molar-refractivity contribution in [2.45, 2.75) is 11.8 Å². The fraction of sp³-hybridized carbons (Fsp3) is 0.130. The highest BCUT2D eigenvalue weighted by Gasteiger charge is 2.19. The van der Waals surface area contributed by atoms with Gasteiger partial charge in [-0.25, -0.2) is 18.4 Å². The molecule has 0 aliphatic rings. The molecule has 0 aromatic heterocycles. The van der Waals surface area contributed by atoms with E-state index in [-0.39, 0.29) is 16.2 Å². The zero-order chi connectivity index (χ0) is 24.0. The average molecular weight is 471 g/mol. The van der Waals surface area contributed by atoms with Crippen molar-refractivity contribution >= 4 is 27.6 Å². The van der Waals surface area contributed by atoms with Crippen molar-refractivity contribution in [1.29, 1.82) is 0 Å². The smallest absolute Gasteiger partial charge is 0.342 e. The molecule has 0 heterocycles. The Bertz CT molecular complexity index is 1250. The summed E-state index contributed by atoms with van der Waals surface area (Å²) in [6.07, 6.45) is 0. The number of amides is 1. The van der Waals surface area contributed by atoms with Crippen LogP contribution in [0.4, 0.5) is 5.69 Å². The number of primary sulfonamides is 1. The third-order valence-corrected chi connectivity index (χ3v) is 5.36. The summed E-state index contributed by atoms with van der Waals surface area (Å²) in [4.78, 5) is 24.3. The lowest BCUT2D eigenvalue weighted by atomic mass is 10.2. The van der Waals surface area contributed by atoms with Crippen LogP contribution in [0.25, 0.3) is 0 Å². The minimum atomic E-state index is -4.03. The number of carbonyl (C=O) groups excluding carboxylic acids is 2. The Labute approximate surface area is 191 Å². The first-order chi connectivity index (χ1) is 15.7. The Morgan fingerprint density at radius 3 is 2.12 bits per heavy atom. The highest BCUT2D eigenvalue weighted by molar-refractivity contribution is 7.89. The first-order valence-electron chi connectivity index (χ1n) is 9.68. The number of benzene rings is 3. The van der Waals surface area contributed by atoms with Crippen molar-refractivity contribution in [3.8, 4) is 17.2 Å². The van der Waals surface area contributed by atoms with Crippen molar-refractivity contribution in [2.24, 2.45) is 5.14 Å². The van der Waals surface area contributed by atoms with Crippen LogP contribution >= 0.6 is 0 Å². The molecule has 0 radical (unpaired) electrons. The molecule has 172 valence electrons. The minimum Gasteiger partial charge on any atom is -0.496 e. The quantitative estimate of drug-likeness (QED) is 0.483. The van der Waals surface area contributed by atoms with Gasteiger partial charge in [-0.1, -0.05) is 17.7 Å². The third kappa shape index (κ3) is 6.55. The standard InChI is InChI=1S/C23H22N2O7S/c1-15-3-7-17(8-4-15)32-18-9-5-16(6-10-18)25-22(26)14-31-23(27)20-13-19(33(24,28)29)11-12-21(20)30-2/h3-13H,14H2,1-2H3,(H,25,26)(H2,24,28,29). The molecule has 0 saturated heterocycles. The Kier molecular flexibility index (Phi) is 7.31. The van der Waals surface area contributed by atoms with Crippen LogP contribution in [-0.4, -0.2) is 34.0 Å². The van der Waals surface area contributed by atoms with Gasteiger partial charge in [0.25, 0.3) is 5.91 Å². The lowest BCUT2D eigenvalue weighted by Gasteiger charge is -2.11. The Morgan fingerprint density at radius 2 is 1.55 bits per heavy atom. The largest absolute Gasteiger partial charge is 0.496 e.